The summed E-state index contributed by atoms with van der Waals surface area (Å²) < 4.78 is 0. The van der Waals surface area contributed by atoms with Crippen molar-refractivity contribution in [1.82, 2.24) is 5.48 Å². The van der Waals surface area contributed by atoms with Crippen LogP contribution in [-0.2, 0) is 9.59 Å². The van der Waals surface area contributed by atoms with Crippen LogP contribution in [0.15, 0.2) is 30.3 Å². The molecule has 1 aliphatic carbocycles. The van der Waals surface area contributed by atoms with Crippen molar-refractivity contribution in [3.63, 3.8) is 0 Å². The van der Waals surface area contributed by atoms with E-state index in [9.17, 15) is 9.59 Å². The fourth-order valence-electron chi connectivity index (χ4n) is 2.65. The van der Waals surface area contributed by atoms with E-state index in [2.05, 4.69) is 0 Å². The largest absolute Gasteiger partial charge is 0.303 e. The molecular weight excluding hydrogens is 256 g/mol. The van der Waals surface area contributed by atoms with Gasteiger partial charge in [-0.3, -0.25) is 14.8 Å². The van der Waals surface area contributed by atoms with Crippen molar-refractivity contribution < 1.29 is 14.8 Å². The van der Waals surface area contributed by atoms with Crippen LogP contribution in [-0.4, -0.2) is 23.6 Å². The number of anilines is 1. The molecule has 0 saturated heterocycles. The van der Waals surface area contributed by atoms with Gasteiger partial charge in [-0.1, -0.05) is 37.5 Å². The molecule has 1 fully saturated rings. The number of amides is 2. The second-order valence-electron chi connectivity index (χ2n) is 5.13. The molecular formula is C15H20N2O3. The van der Waals surface area contributed by atoms with Gasteiger partial charge in [-0.25, -0.2) is 5.48 Å². The van der Waals surface area contributed by atoms with Crippen LogP contribution in [0.1, 0.15) is 32.1 Å². The lowest BCUT2D eigenvalue weighted by Crippen LogP contribution is -2.43. The molecule has 20 heavy (non-hydrogen) atoms. The number of nitrogens with zero attached hydrogens (tertiary/aromatic N) is 1. The minimum absolute atomic E-state index is 0.0181. The zero-order valence-corrected chi connectivity index (χ0v) is 11.4. The highest BCUT2D eigenvalue weighted by Crippen LogP contribution is 2.27. The molecule has 0 radical (unpaired) electrons. The van der Waals surface area contributed by atoms with E-state index in [1.807, 2.05) is 18.2 Å². The van der Waals surface area contributed by atoms with Crippen LogP contribution in [0.5, 0.6) is 0 Å². The number of carbonyl (C=O) groups is 2. The fraction of sp³-hybridized carbons (Fsp3) is 0.467. The number of hydroxylamine groups is 1. The molecule has 0 atom stereocenters. The Balaban J connectivity index is 2.17. The van der Waals surface area contributed by atoms with Crippen molar-refractivity contribution in [2.45, 2.75) is 32.1 Å². The van der Waals surface area contributed by atoms with E-state index in [4.69, 9.17) is 5.21 Å². The second kappa shape index (κ2) is 7.05. The van der Waals surface area contributed by atoms with Crippen LogP contribution in [0, 0.1) is 5.92 Å². The maximum Gasteiger partial charge on any atom is 0.263 e. The Labute approximate surface area is 118 Å². The zero-order chi connectivity index (χ0) is 14.4. The van der Waals surface area contributed by atoms with Gasteiger partial charge in [0.2, 0.25) is 5.91 Å². The summed E-state index contributed by atoms with van der Waals surface area (Å²) in [6.07, 6.45) is 5.05. The van der Waals surface area contributed by atoms with Crippen LogP contribution in [0.2, 0.25) is 0 Å². The minimum atomic E-state index is -0.585. The highest BCUT2D eigenvalue weighted by Gasteiger charge is 2.28. The molecule has 0 aromatic heterocycles. The lowest BCUT2D eigenvalue weighted by atomic mass is 9.88. The van der Waals surface area contributed by atoms with Crippen LogP contribution >= 0.6 is 0 Å². The Morgan fingerprint density at radius 3 is 2.40 bits per heavy atom. The number of hydrogen-bond donors (Lipinski definition) is 2. The number of rotatable bonds is 4. The molecule has 0 heterocycles. The van der Waals surface area contributed by atoms with Crippen molar-refractivity contribution in [2.24, 2.45) is 5.92 Å². The molecule has 1 saturated carbocycles. The molecule has 0 spiro atoms. The summed E-state index contributed by atoms with van der Waals surface area (Å²) in [7, 11) is 0. The number of benzene rings is 1. The van der Waals surface area contributed by atoms with Gasteiger partial charge in [-0.05, 0) is 25.0 Å². The monoisotopic (exact) mass is 276 g/mol. The Bertz CT molecular complexity index is 455. The Hall–Kier alpha value is -1.88. The molecule has 5 heteroatoms. The topological polar surface area (TPSA) is 69.6 Å². The number of hydrogen-bond acceptors (Lipinski definition) is 3. The van der Waals surface area contributed by atoms with E-state index < -0.39 is 5.91 Å². The maximum absolute atomic E-state index is 12.6. The summed E-state index contributed by atoms with van der Waals surface area (Å²) in [4.78, 5) is 25.5. The fourth-order valence-corrected chi connectivity index (χ4v) is 2.65. The van der Waals surface area contributed by atoms with Crippen molar-refractivity contribution in [1.29, 1.82) is 0 Å². The third kappa shape index (κ3) is 3.57. The summed E-state index contributed by atoms with van der Waals surface area (Å²) in [6.45, 7) is -0.157. The van der Waals surface area contributed by atoms with Gasteiger partial charge in [0, 0.05) is 11.6 Å². The Kier molecular flexibility index (Phi) is 5.12. The lowest BCUT2D eigenvalue weighted by molar-refractivity contribution is -0.130. The lowest BCUT2D eigenvalue weighted by Gasteiger charge is -2.28. The predicted molar refractivity (Wildman–Crippen MR) is 75.3 cm³/mol. The van der Waals surface area contributed by atoms with Crippen LogP contribution in [0.4, 0.5) is 5.69 Å². The summed E-state index contributed by atoms with van der Waals surface area (Å²) in [6, 6.07) is 9.11. The summed E-state index contributed by atoms with van der Waals surface area (Å²) in [5, 5.41) is 8.69. The van der Waals surface area contributed by atoms with Gasteiger partial charge in [0.1, 0.15) is 6.54 Å². The first-order valence-electron chi connectivity index (χ1n) is 7.01. The van der Waals surface area contributed by atoms with E-state index in [0.717, 1.165) is 25.7 Å². The van der Waals surface area contributed by atoms with Crippen LogP contribution in [0.3, 0.4) is 0 Å². The van der Waals surface area contributed by atoms with E-state index in [-0.39, 0.29) is 18.4 Å². The summed E-state index contributed by atoms with van der Waals surface area (Å²) in [5.41, 5.74) is 2.28. The third-order valence-electron chi connectivity index (χ3n) is 3.71. The molecule has 108 valence electrons. The molecule has 2 N–H and O–H groups in total. The highest BCUT2D eigenvalue weighted by molar-refractivity contribution is 5.99. The maximum atomic E-state index is 12.6. The zero-order valence-electron chi connectivity index (χ0n) is 11.4. The predicted octanol–water partition coefficient (Wildman–Crippen LogP) is 2.11. The van der Waals surface area contributed by atoms with Gasteiger partial charge >= 0.3 is 0 Å². The van der Waals surface area contributed by atoms with Gasteiger partial charge in [0.05, 0.1) is 0 Å². The number of carbonyl (C=O) groups excluding carboxylic acids is 2. The van der Waals surface area contributed by atoms with E-state index in [1.54, 1.807) is 17.6 Å². The number of nitrogens with one attached hydrogen (secondary N) is 1. The van der Waals surface area contributed by atoms with E-state index >= 15 is 0 Å². The first-order valence-corrected chi connectivity index (χ1v) is 7.01. The summed E-state index contributed by atoms with van der Waals surface area (Å²) >= 11 is 0. The van der Waals surface area contributed by atoms with Crippen molar-refractivity contribution in [3.8, 4) is 0 Å². The molecule has 1 aromatic rings. The normalized spacial score (nSPS) is 15.7. The van der Waals surface area contributed by atoms with Crippen LogP contribution in [0.25, 0.3) is 0 Å². The highest BCUT2D eigenvalue weighted by atomic mass is 16.5. The van der Waals surface area contributed by atoms with E-state index in [1.165, 1.54) is 11.3 Å². The molecule has 2 amide bonds. The molecule has 1 aromatic carbocycles. The Morgan fingerprint density at radius 1 is 1.15 bits per heavy atom. The van der Waals surface area contributed by atoms with E-state index in [0.29, 0.717) is 5.69 Å². The summed E-state index contributed by atoms with van der Waals surface area (Å²) in [5.74, 6) is -0.632. The smallest absolute Gasteiger partial charge is 0.263 e. The second-order valence-corrected chi connectivity index (χ2v) is 5.13. The Morgan fingerprint density at radius 2 is 1.80 bits per heavy atom. The first-order chi connectivity index (χ1) is 9.72. The first kappa shape index (κ1) is 14.5. The SMILES string of the molecule is O=C(CN(C(=O)C1CCCCC1)c1ccccc1)NO. The third-order valence-corrected chi connectivity index (χ3v) is 3.71. The van der Waals surface area contributed by atoms with Crippen molar-refractivity contribution in [3.05, 3.63) is 30.3 Å². The van der Waals surface area contributed by atoms with Crippen molar-refractivity contribution in [2.75, 3.05) is 11.4 Å². The minimum Gasteiger partial charge on any atom is -0.303 e. The number of para-hydroxylation sites is 1. The average molecular weight is 276 g/mol. The quantitative estimate of drug-likeness (QED) is 0.653. The molecule has 1 aliphatic rings. The van der Waals surface area contributed by atoms with Gasteiger partial charge in [0.25, 0.3) is 5.91 Å². The molecule has 0 aliphatic heterocycles. The van der Waals surface area contributed by atoms with Gasteiger partial charge < -0.3 is 4.90 Å². The van der Waals surface area contributed by atoms with Gasteiger partial charge in [-0.15, -0.1) is 0 Å². The van der Waals surface area contributed by atoms with Crippen molar-refractivity contribution >= 4 is 17.5 Å². The van der Waals surface area contributed by atoms with Gasteiger partial charge in [0.15, 0.2) is 0 Å². The standard InChI is InChI=1S/C15H20N2O3/c18-14(16-20)11-17(13-9-5-2-6-10-13)15(19)12-7-3-1-4-8-12/h2,5-6,9-10,12,20H,1,3-4,7-8,11H2,(H,16,18). The van der Waals surface area contributed by atoms with Crippen LogP contribution < -0.4 is 10.4 Å². The molecule has 2 rings (SSSR count). The molecule has 5 nitrogen and oxygen atoms in total. The molecule has 0 unspecified atom stereocenters. The average Bonchev–Trinajstić information content (AvgIpc) is 2.53. The molecule has 0 bridgehead atoms. The van der Waals surface area contributed by atoms with Gasteiger partial charge in [-0.2, -0.15) is 0 Å².